The molecule has 0 unspecified atom stereocenters. The van der Waals surface area contributed by atoms with Gasteiger partial charge in [-0.3, -0.25) is 4.90 Å². The third kappa shape index (κ3) is 4.19. The van der Waals surface area contributed by atoms with Crippen LogP contribution in [0.3, 0.4) is 0 Å². The fourth-order valence-electron chi connectivity index (χ4n) is 3.06. The first kappa shape index (κ1) is 15.3. The molecule has 116 valence electrons. The first-order chi connectivity index (χ1) is 10.8. The average Bonchev–Trinajstić information content (AvgIpc) is 2.56. The molecule has 22 heavy (non-hydrogen) atoms. The van der Waals surface area contributed by atoms with Crippen LogP contribution in [0.5, 0.6) is 0 Å². The van der Waals surface area contributed by atoms with Crippen LogP contribution >= 0.6 is 0 Å². The molecule has 0 amide bonds. The van der Waals surface area contributed by atoms with Gasteiger partial charge in [0.05, 0.1) is 13.2 Å². The van der Waals surface area contributed by atoms with E-state index in [1.54, 1.807) is 0 Å². The average molecular weight is 295 g/mol. The maximum Gasteiger partial charge on any atom is 0.0594 e. The Morgan fingerprint density at radius 2 is 1.68 bits per heavy atom. The molecular formula is C20H25NO. The van der Waals surface area contributed by atoms with E-state index in [2.05, 4.69) is 60.4 Å². The van der Waals surface area contributed by atoms with E-state index in [1.807, 2.05) is 0 Å². The van der Waals surface area contributed by atoms with Crippen molar-refractivity contribution in [3.63, 3.8) is 0 Å². The van der Waals surface area contributed by atoms with Gasteiger partial charge < -0.3 is 4.74 Å². The molecule has 0 bridgehead atoms. The Morgan fingerprint density at radius 1 is 0.955 bits per heavy atom. The smallest absolute Gasteiger partial charge is 0.0594 e. The van der Waals surface area contributed by atoms with Gasteiger partial charge >= 0.3 is 0 Å². The summed E-state index contributed by atoms with van der Waals surface area (Å²) >= 11 is 0. The number of rotatable bonds is 5. The van der Waals surface area contributed by atoms with Crippen molar-refractivity contribution < 1.29 is 4.74 Å². The van der Waals surface area contributed by atoms with Crippen LogP contribution in [0.1, 0.15) is 17.5 Å². The fourth-order valence-corrected chi connectivity index (χ4v) is 3.06. The van der Waals surface area contributed by atoms with E-state index in [-0.39, 0.29) is 0 Å². The normalized spacial score (nSPS) is 15.9. The van der Waals surface area contributed by atoms with Crippen molar-refractivity contribution in [1.82, 2.24) is 4.90 Å². The highest BCUT2D eigenvalue weighted by Crippen LogP contribution is 2.22. The summed E-state index contributed by atoms with van der Waals surface area (Å²) in [5.41, 5.74) is 5.39. The Hall–Kier alpha value is -1.64. The van der Waals surface area contributed by atoms with Crippen LogP contribution in [-0.4, -0.2) is 37.7 Å². The highest BCUT2D eigenvalue weighted by Gasteiger charge is 2.09. The van der Waals surface area contributed by atoms with Crippen molar-refractivity contribution in [3.05, 3.63) is 59.7 Å². The van der Waals surface area contributed by atoms with Crippen LogP contribution in [0.15, 0.2) is 48.5 Å². The summed E-state index contributed by atoms with van der Waals surface area (Å²) in [4.78, 5) is 2.51. The van der Waals surface area contributed by atoms with E-state index in [9.17, 15) is 0 Å². The lowest BCUT2D eigenvalue weighted by Gasteiger charge is -2.26. The van der Waals surface area contributed by atoms with E-state index in [4.69, 9.17) is 4.74 Å². The van der Waals surface area contributed by atoms with Crippen LogP contribution in [0.2, 0.25) is 0 Å². The first-order valence-corrected chi connectivity index (χ1v) is 8.27. The van der Waals surface area contributed by atoms with E-state index in [0.717, 1.165) is 32.7 Å². The molecule has 0 radical (unpaired) electrons. The van der Waals surface area contributed by atoms with E-state index in [0.29, 0.717) is 0 Å². The van der Waals surface area contributed by atoms with Gasteiger partial charge in [0.1, 0.15) is 0 Å². The molecule has 2 aromatic rings. The molecule has 1 heterocycles. The molecular weight excluding hydrogens is 270 g/mol. The summed E-state index contributed by atoms with van der Waals surface area (Å²) in [7, 11) is 0. The van der Waals surface area contributed by atoms with Crippen LogP contribution in [-0.2, 0) is 11.2 Å². The highest BCUT2D eigenvalue weighted by atomic mass is 16.5. The van der Waals surface area contributed by atoms with Gasteiger partial charge in [0.15, 0.2) is 0 Å². The molecule has 2 heteroatoms. The molecule has 3 rings (SSSR count). The van der Waals surface area contributed by atoms with Crippen molar-refractivity contribution in [2.75, 3.05) is 32.8 Å². The molecule has 0 spiro atoms. The SMILES string of the molecule is Cc1cccc(-c2cccc(CCCN3CCOCC3)c2)c1. The van der Waals surface area contributed by atoms with Crippen LogP contribution < -0.4 is 0 Å². The second kappa shape index (κ2) is 7.57. The quantitative estimate of drug-likeness (QED) is 0.829. The third-order valence-electron chi connectivity index (χ3n) is 4.32. The van der Waals surface area contributed by atoms with Crippen molar-refractivity contribution in [3.8, 4) is 11.1 Å². The minimum Gasteiger partial charge on any atom is -0.379 e. The van der Waals surface area contributed by atoms with Crippen LogP contribution in [0.4, 0.5) is 0 Å². The van der Waals surface area contributed by atoms with Gasteiger partial charge in [0, 0.05) is 13.1 Å². The molecule has 0 aliphatic carbocycles. The number of aryl methyl sites for hydroxylation is 2. The molecule has 0 aromatic heterocycles. The Labute approximate surface area is 133 Å². The lowest BCUT2D eigenvalue weighted by molar-refractivity contribution is 0.0375. The summed E-state index contributed by atoms with van der Waals surface area (Å²) < 4.78 is 5.40. The molecule has 1 saturated heterocycles. The standard InChI is InChI=1S/C20H25NO/c1-17-5-2-8-19(15-17)20-9-3-6-18(16-20)7-4-10-21-11-13-22-14-12-21/h2-3,5-6,8-9,15-16H,4,7,10-14H2,1H3. The largest absolute Gasteiger partial charge is 0.379 e. The highest BCUT2D eigenvalue weighted by molar-refractivity contribution is 5.64. The lowest BCUT2D eigenvalue weighted by Crippen LogP contribution is -2.36. The van der Waals surface area contributed by atoms with Crippen LogP contribution in [0.25, 0.3) is 11.1 Å². The summed E-state index contributed by atoms with van der Waals surface area (Å²) in [5.74, 6) is 0. The number of hydrogen-bond donors (Lipinski definition) is 0. The second-order valence-corrected chi connectivity index (χ2v) is 6.13. The number of ether oxygens (including phenoxy) is 1. The topological polar surface area (TPSA) is 12.5 Å². The minimum atomic E-state index is 0.892. The number of benzene rings is 2. The zero-order chi connectivity index (χ0) is 15.2. The molecule has 1 fully saturated rings. The van der Waals surface area contributed by atoms with Gasteiger partial charge in [0.2, 0.25) is 0 Å². The summed E-state index contributed by atoms with van der Waals surface area (Å²) in [6.07, 6.45) is 2.37. The third-order valence-corrected chi connectivity index (χ3v) is 4.32. The minimum absolute atomic E-state index is 0.892. The predicted octanol–water partition coefficient (Wildman–Crippen LogP) is 3.93. The first-order valence-electron chi connectivity index (χ1n) is 8.27. The van der Waals surface area contributed by atoms with E-state index >= 15 is 0 Å². The summed E-state index contributed by atoms with van der Waals surface area (Å²) in [6.45, 7) is 7.28. The van der Waals surface area contributed by atoms with Crippen molar-refractivity contribution in [2.24, 2.45) is 0 Å². The molecule has 2 nitrogen and oxygen atoms in total. The Bertz CT molecular complexity index is 602. The predicted molar refractivity (Wildman–Crippen MR) is 92.2 cm³/mol. The fraction of sp³-hybridized carbons (Fsp3) is 0.400. The molecule has 2 aromatic carbocycles. The lowest BCUT2D eigenvalue weighted by atomic mass is 10.00. The molecule has 0 saturated carbocycles. The van der Waals surface area contributed by atoms with Crippen molar-refractivity contribution in [2.45, 2.75) is 19.8 Å². The number of morpholine rings is 1. The van der Waals surface area contributed by atoms with Crippen molar-refractivity contribution in [1.29, 1.82) is 0 Å². The molecule has 1 aliphatic rings. The molecule has 0 N–H and O–H groups in total. The number of nitrogens with zero attached hydrogens (tertiary/aromatic N) is 1. The Morgan fingerprint density at radius 3 is 2.45 bits per heavy atom. The number of hydrogen-bond acceptors (Lipinski definition) is 2. The summed E-state index contributed by atoms with van der Waals surface area (Å²) in [6, 6.07) is 17.7. The van der Waals surface area contributed by atoms with Gasteiger partial charge in [-0.15, -0.1) is 0 Å². The summed E-state index contributed by atoms with van der Waals surface area (Å²) in [5, 5.41) is 0. The van der Waals surface area contributed by atoms with Gasteiger partial charge in [-0.25, -0.2) is 0 Å². The van der Waals surface area contributed by atoms with Crippen molar-refractivity contribution >= 4 is 0 Å². The maximum atomic E-state index is 5.40. The monoisotopic (exact) mass is 295 g/mol. The van der Waals surface area contributed by atoms with Gasteiger partial charge in [0.25, 0.3) is 0 Å². The van der Waals surface area contributed by atoms with Crippen LogP contribution in [0, 0.1) is 6.92 Å². The molecule has 0 atom stereocenters. The zero-order valence-corrected chi connectivity index (χ0v) is 13.4. The Kier molecular flexibility index (Phi) is 5.25. The van der Waals surface area contributed by atoms with Gasteiger partial charge in [-0.2, -0.15) is 0 Å². The maximum absolute atomic E-state index is 5.40. The second-order valence-electron chi connectivity index (χ2n) is 6.13. The molecule has 1 aliphatic heterocycles. The van der Waals surface area contributed by atoms with E-state index < -0.39 is 0 Å². The Balaban J connectivity index is 1.59. The van der Waals surface area contributed by atoms with Gasteiger partial charge in [-0.1, -0.05) is 54.1 Å². The zero-order valence-electron chi connectivity index (χ0n) is 13.4. The van der Waals surface area contributed by atoms with Gasteiger partial charge in [-0.05, 0) is 43.0 Å². The van der Waals surface area contributed by atoms with E-state index in [1.165, 1.54) is 35.2 Å².